The van der Waals surface area contributed by atoms with E-state index >= 15 is 0 Å². The van der Waals surface area contributed by atoms with Crippen LogP contribution in [0.3, 0.4) is 0 Å². The summed E-state index contributed by atoms with van der Waals surface area (Å²) >= 11 is 0. The second-order valence-electron chi connectivity index (χ2n) is 5.69. The second-order valence-corrected chi connectivity index (χ2v) is 5.69. The van der Waals surface area contributed by atoms with Crippen LogP contribution in [0, 0.1) is 0 Å². The standard InChI is InChI=1S/C16H21N3O2/c1-12-6-4-5-9-18(12)16(21)10-19-14-8-3-2-7-13(14)17-15(19)11-20/h2-3,7-8,12,20H,4-6,9-11H2,1H3/t12-/m0/s1. The van der Waals surface area contributed by atoms with E-state index in [0.29, 0.717) is 11.9 Å². The van der Waals surface area contributed by atoms with Gasteiger partial charge in [-0.15, -0.1) is 0 Å². The Bertz CT molecular complexity index is 650. The Kier molecular flexibility index (Phi) is 3.92. The molecular weight excluding hydrogens is 266 g/mol. The first-order chi connectivity index (χ1) is 10.2. The smallest absolute Gasteiger partial charge is 0.242 e. The van der Waals surface area contributed by atoms with Gasteiger partial charge in [0, 0.05) is 12.6 Å². The van der Waals surface area contributed by atoms with Gasteiger partial charge in [-0.25, -0.2) is 4.98 Å². The second kappa shape index (κ2) is 5.85. The van der Waals surface area contributed by atoms with Gasteiger partial charge < -0.3 is 14.6 Å². The number of fused-ring (bicyclic) bond motifs is 1. The number of aliphatic hydroxyl groups is 1. The SMILES string of the molecule is C[C@H]1CCCCN1C(=O)Cn1c(CO)nc2ccccc21. The molecule has 0 bridgehead atoms. The minimum atomic E-state index is -0.155. The number of carbonyl (C=O) groups excluding carboxylic acids is 1. The minimum Gasteiger partial charge on any atom is -0.388 e. The van der Waals surface area contributed by atoms with Crippen LogP contribution in [-0.4, -0.2) is 38.1 Å². The van der Waals surface area contributed by atoms with Crippen LogP contribution >= 0.6 is 0 Å². The van der Waals surface area contributed by atoms with Crippen molar-refractivity contribution in [3.8, 4) is 0 Å². The summed E-state index contributed by atoms with van der Waals surface area (Å²) in [4.78, 5) is 18.9. The van der Waals surface area contributed by atoms with Crippen LogP contribution in [-0.2, 0) is 17.9 Å². The Labute approximate surface area is 124 Å². The maximum atomic E-state index is 12.6. The molecular formula is C16H21N3O2. The van der Waals surface area contributed by atoms with Gasteiger partial charge in [0.1, 0.15) is 19.0 Å². The summed E-state index contributed by atoms with van der Waals surface area (Å²) in [6.45, 7) is 3.04. The van der Waals surface area contributed by atoms with E-state index in [-0.39, 0.29) is 19.1 Å². The van der Waals surface area contributed by atoms with Gasteiger partial charge in [0.25, 0.3) is 0 Å². The molecule has 3 rings (SSSR count). The van der Waals surface area contributed by atoms with Crippen LogP contribution < -0.4 is 0 Å². The van der Waals surface area contributed by atoms with Gasteiger partial charge in [-0.3, -0.25) is 4.79 Å². The lowest BCUT2D eigenvalue weighted by Gasteiger charge is -2.33. The Hall–Kier alpha value is -1.88. The van der Waals surface area contributed by atoms with Crippen molar-refractivity contribution in [1.82, 2.24) is 14.5 Å². The van der Waals surface area contributed by atoms with Crippen LogP contribution in [0.5, 0.6) is 0 Å². The molecule has 1 N–H and O–H groups in total. The molecule has 1 saturated heterocycles. The molecule has 1 amide bonds. The molecule has 0 saturated carbocycles. The molecule has 1 aliphatic rings. The molecule has 1 aromatic heterocycles. The summed E-state index contributed by atoms with van der Waals surface area (Å²) in [7, 11) is 0. The zero-order chi connectivity index (χ0) is 14.8. The third-order valence-corrected chi connectivity index (χ3v) is 4.29. The molecule has 21 heavy (non-hydrogen) atoms. The van der Waals surface area contributed by atoms with E-state index in [4.69, 9.17) is 0 Å². The molecule has 1 fully saturated rings. The normalized spacial score (nSPS) is 19.1. The molecule has 5 nitrogen and oxygen atoms in total. The number of benzene rings is 1. The summed E-state index contributed by atoms with van der Waals surface area (Å²) in [6, 6.07) is 7.98. The maximum absolute atomic E-state index is 12.6. The van der Waals surface area contributed by atoms with Crippen molar-refractivity contribution in [1.29, 1.82) is 0 Å². The fraction of sp³-hybridized carbons (Fsp3) is 0.500. The van der Waals surface area contributed by atoms with Gasteiger partial charge in [0.05, 0.1) is 11.0 Å². The Balaban J connectivity index is 1.88. The number of amides is 1. The van der Waals surface area contributed by atoms with Crippen molar-refractivity contribution in [2.45, 2.75) is 45.4 Å². The number of aliphatic hydroxyl groups excluding tert-OH is 1. The minimum absolute atomic E-state index is 0.111. The number of hydrogen-bond donors (Lipinski definition) is 1. The van der Waals surface area contributed by atoms with E-state index in [9.17, 15) is 9.90 Å². The van der Waals surface area contributed by atoms with Crippen molar-refractivity contribution in [3.05, 3.63) is 30.1 Å². The van der Waals surface area contributed by atoms with Gasteiger partial charge in [0.15, 0.2) is 0 Å². The van der Waals surface area contributed by atoms with Crippen molar-refractivity contribution < 1.29 is 9.90 Å². The third-order valence-electron chi connectivity index (χ3n) is 4.29. The van der Waals surface area contributed by atoms with Gasteiger partial charge in [-0.2, -0.15) is 0 Å². The lowest BCUT2D eigenvalue weighted by Crippen LogP contribution is -2.43. The Morgan fingerprint density at radius 1 is 1.38 bits per heavy atom. The molecule has 0 unspecified atom stereocenters. The molecule has 1 aliphatic heterocycles. The van der Waals surface area contributed by atoms with Crippen LogP contribution in [0.1, 0.15) is 32.0 Å². The molecule has 2 heterocycles. The predicted octanol–water partition coefficient (Wildman–Crippen LogP) is 1.93. The number of imidazole rings is 1. The molecule has 112 valence electrons. The highest BCUT2D eigenvalue weighted by Gasteiger charge is 2.24. The number of aromatic nitrogens is 2. The molecule has 2 aromatic rings. The number of para-hydroxylation sites is 2. The number of piperidine rings is 1. The molecule has 0 aliphatic carbocycles. The Morgan fingerprint density at radius 3 is 2.95 bits per heavy atom. The van der Waals surface area contributed by atoms with Crippen LogP contribution in [0.4, 0.5) is 0 Å². The van der Waals surface area contributed by atoms with Crippen LogP contribution in [0.15, 0.2) is 24.3 Å². The Morgan fingerprint density at radius 2 is 2.19 bits per heavy atom. The van der Waals surface area contributed by atoms with E-state index in [0.717, 1.165) is 30.4 Å². The summed E-state index contributed by atoms with van der Waals surface area (Å²) in [5, 5.41) is 9.49. The summed E-state index contributed by atoms with van der Waals surface area (Å²) in [5.41, 5.74) is 1.72. The highest BCUT2D eigenvalue weighted by atomic mass is 16.3. The first-order valence-electron chi connectivity index (χ1n) is 7.55. The highest BCUT2D eigenvalue weighted by Crippen LogP contribution is 2.20. The molecule has 0 radical (unpaired) electrons. The van der Waals surface area contributed by atoms with E-state index < -0.39 is 0 Å². The average Bonchev–Trinajstić information content (AvgIpc) is 2.86. The maximum Gasteiger partial charge on any atom is 0.242 e. The van der Waals surface area contributed by atoms with Crippen LogP contribution in [0.2, 0.25) is 0 Å². The van der Waals surface area contributed by atoms with E-state index in [1.54, 1.807) is 0 Å². The van der Waals surface area contributed by atoms with Gasteiger partial charge in [0.2, 0.25) is 5.91 Å². The van der Waals surface area contributed by atoms with E-state index in [1.807, 2.05) is 33.7 Å². The molecule has 5 heteroatoms. The predicted molar refractivity (Wildman–Crippen MR) is 80.7 cm³/mol. The monoisotopic (exact) mass is 287 g/mol. The number of carbonyl (C=O) groups is 1. The number of likely N-dealkylation sites (tertiary alicyclic amines) is 1. The van der Waals surface area contributed by atoms with Gasteiger partial charge in [-0.1, -0.05) is 12.1 Å². The first kappa shape index (κ1) is 14.1. The van der Waals surface area contributed by atoms with E-state index in [1.165, 1.54) is 6.42 Å². The molecule has 1 aromatic carbocycles. The quantitative estimate of drug-likeness (QED) is 0.938. The summed E-state index contributed by atoms with van der Waals surface area (Å²) in [5.74, 6) is 0.661. The highest BCUT2D eigenvalue weighted by molar-refractivity contribution is 5.81. The van der Waals surface area contributed by atoms with Crippen molar-refractivity contribution in [2.75, 3.05) is 6.54 Å². The van der Waals surface area contributed by atoms with Gasteiger partial charge >= 0.3 is 0 Å². The topological polar surface area (TPSA) is 58.4 Å². The largest absolute Gasteiger partial charge is 0.388 e. The van der Waals surface area contributed by atoms with Crippen molar-refractivity contribution in [3.63, 3.8) is 0 Å². The number of hydrogen-bond acceptors (Lipinski definition) is 3. The summed E-state index contributed by atoms with van der Waals surface area (Å²) in [6.07, 6.45) is 3.34. The van der Waals surface area contributed by atoms with E-state index in [2.05, 4.69) is 11.9 Å². The van der Waals surface area contributed by atoms with Gasteiger partial charge in [-0.05, 0) is 38.3 Å². The fourth-order valence-electron chi connectivity index (χ4n) is 3.12. The van der Waals surface area contributed by atoms with Crippen molar-refractivity contribution in [2.24, 2.45) is 0 Å². The fourth-order valence-corrected chi connectivity index (χ4v) is 3.12. The lowest BCUT2D eigenvalue weighted by molar-refractivity contribution is -0.135. The lowest BCUT2D eigenvalue weighted by atomic mass is 10.0. The zero-order valence-electron chi connectivity index (χ0n) is 12.3. The first-order valence-corrected chi connectivity index (χ1v) is 7.55. The number of rotatable bonds is 3. The zero-order valence-corrected chi connectivity index (χ0v) is 12.3. The summed E-state index contributed by atoms with van der Waals surface area (Å²) < 4.78 is 1.83. The number of nitrogens with zero attached hydrogens (tertiary/aromatic N) is 3. The average molecular weight is 287 g/mol. The third kappa shape index (κ3) is 2.65. The molecule has 0 spiro atoms. The van der Waals surface area contributed by atoms with Crippen molar-refractivity contribution >= 4 is 16.9 Å². The molecule has 1 atom stereocenters. The van der Waals surface area contributed by atoms with Crippen LogP contribution in [0.25, 0.3) is 11.0 Å².